The zero-order chi connectivity index (χ0) is 23.9. The fourth-order valence-corrected chi connectivity index (χ4v) is 2.98. The van der Waals surface area contributed by atoms with Gasteiger partial charge in [-0.25, -0.2) is 9.59 Å². The summed E-state index contributed by atoms with van der Waals surface area (Å²) in [6, 6.07) is 13.8. The molecule has 4 atom stereocenters. The van der Waals surface area contributed by atoms with Crippen LogP contribution in [-0.2, 0) is 14.3 Å². The summed E-state index contributed by atoms with van der Waals surface area (Å²) in [6.45, 7) is 5.01. The second-order valence-electron chi connectivity index (χ2n) is 8.16. The van der Waals surface area contributed by atoms with Crippen molar-refractivity contribution in [2.45, 2.75) is 50.7 Å². The largest absolute Gasteiger partial charge is 0.479 e. The molecule has 0 aliphatic carbocycles. The van der Waals surface area contributed by atoms with E-state index < -0.39 is 47.9 Å². The average Bonchev–Trinajstić information content (AvgIpc) is 2.74. The number of aliphatic hydroxyl groups excluding tert-OH is 2. The molecule has 2 amide bonds. The van der Waals surface area contributed by atoms with Crippen LogP contribution in [0.25, 0.3) is 0 Å². The maximum Gasteiger partial charge on any atom is 0.408 e. The van der Waals surface area contributed by atoms with E-state index in [1.165, 1.54) is 12.1 Å². The summed E-state index contributed by atoms with van der Waals surface area (Å²) in [5.41, 5.74) is -0.0434. The van der Waals surface area contributed by atoms with E-state index in [0.717, 1.165) is 0 Å². The average molecular weight is 444 g/mol. The Labute approximate surface area is 186 Å². The first-order chi connectivity index (χ1) is 15.0. The van der Waals surface area contributed by atoms with Gasteiger partial charge in [0.15, 0.2) is 12.2 Å². The zero-order valence-corrected chi connectivity index (χ0v) is 18.1. The Hall–Kier alpha value is -3.43. The molecule has 0 saturated carbocycles. The Morgan fingerprint density at radius 3 is 1.62 bits per heavy atom. The topological polar surface area (TPSA) is 145 Å². The number of carboxylic acid groups (broad SMARTS) is 1. The smallest absolute Gasteiger partial charge is 0.408 e. The summed E-state index contributed by atoms with van der Waals surface area (Å²) in [5, 5.41) is 35.0. The van der Waals surface area contributed by atoms with Crippen molar-refractivity contribution in [1.29, 1.82) is 0 Å². The van der Waals surface area contributed by atoms with Gasteiger partial charge >= 0.3 is 12.1 Å². The predicted octanol–water partition coefficient (Wildman–Crippen LogP) is 1.92. The minimum atomic E-state index is -1.96. The number of carbonyl (C=O) groups is 3. The molecule has 2 aromatic rings. The van der Waals surface area contributed by atoms with Gasteiger partial charge in [-0.3, -0.25) is 4.79 Å². The number of carbonyl (C=O) groups excluding carboxylic acids is 2. The molecule has 0 heterocycles. The summed E-state index contributed by atoms with van der Waals surface area (Å²) >= 11 is 0. The molecule has 172 valence electrons. The van der Waals surface area contributed by atoms with E-state index in [4.69, 9.17) is 4.74 Å². The van der Waals surface area contributed by atoms with E-state index in [1.54, 1.807) is 69.3 Å². The molecular weight excluding hydrogens is 416 g/mol. The number of ether oxygens (including phenoxy) is 1. The minimum Gasteiger partial charge on any atom is -0.479 e. The second-order valence-corrected chi connectivity index (χ2v) is 8.16. The van der Waals surface area contributed by atoms with Gasteiger partial charge in [-0.15, -0.1) is 0 Å². The first-order valence-corrected chi connectivity index (χ1v) is 9.98. The lowest BCUT2D eigenvalue weighted by molar-refractivity contribution is -0.149. The molecule has 9 nitrogen and oxygen atoms in total. The number of hydrogen-bond acceptors (Lipinski definition) is 6. The molecule has 0 bridgehead atoms. The predicted molar refractivity (Wildman–Crippen MR) is 116 cm³/mol. The van der Waals surface area contributed by atoms with Crippen molar-refractivity contribution in [2.75, 3.05) is 0 Å². The number of carboxylic acids is 1. The van der Waals surface area contributed by atoms with E-state index in [-0.39, 0.29) is 0 Å². The lowest BCUT2D eigenvalue weighted by Crippen LogP contribution is -2.49. The third kappa shape index (κ3) is 7.07. The van der Waals surface area contributed by atoms with Crippen LogP contribution in [0.1, 0.15) is 44.0 Å². The van der Waals surface area contributed by atoms with Crippen LogP contribution in [-0.4, -0.2) is 51.1 Å². The van der Waals surface area contributed by atoms with Gasteiger partial charge in [0.05, 0.1) is 12.1 Å². The van der Waals surface area contributed by atoms with Crippen LogP contribution >= 0.6 is 0 Å². The highest BCUT2D eigenvalue weighted by Gasteiger charge is 2.35. The third-order valence-electron chi connectivity index (χ3n) is 4.44. The van der Waals surface area contributed by atoms with Crippen LogP contribution in [0.5, 0.6) is 0 Å². The van der Waals surface area contributed by atoms with Gasteiger partial charge in [0.25, 0.3) is 5.91 Å². The highest BCUT2D eigenvalue weighted by Crippen LogP contribution is 2.22. The van der Waals surface area contributed by atoms with Crippen molar-refractivity contribution in [2.24, 2.45) is 0 Å². The van der Waals surface area contributed by atoms with Gasteiger partial charge in [-0.05, 0) is 31.9 Å². The summed E-state index contributed by atoms with van der Waals surface area (Å²) in [5.74, 6) is -2.52. The molecule has 32 heavy (non-hydrogen) atoms. The molecular formula is C23H28N2O7. The van der Waals surface area contributed by atoms with E-state index in [9.17, 15) is 29.7 Å². The first kappa shape index (κ1) is 24.8. The van der Waals surface area contributed by atoms with Gasteiger partial charge in [0.1, 0.15) is 5.60 Å². The molecule has 2 aromatic carbocycles. The molecule has 0 radical (unpaired) electrons. The Bertz CT molecular complexity index is 913. The fourth-order valence-electron chi connectivity index (χ4n) is 2.98. The SMILES string of the molecule is CC(C)(C)OC(=O)N[C@@H](c1ccccc1)[C@@H](O)C(=O)N[C@@H](c1ccccc1)[C@@H](O)C(=O)O. The van der Waals surface area contributed by atoms with Gasteiger partial charge in [-0.2, -0.15) is 0 Å². The number of amides is 2. The molecule has 2 rings (SSSR count). The standard InChI is InChI=1S/C23H28N2O7/c1-23(2,3)32-22(31)25-16(14-10-6-4-7-11-14)18(26)20(28)24-17(19(27)21(29)30)15-12-8-5-9-13-15/h4-13,16-19,26-27H,1-3H3,(H,24,28)(H,25,31)(H,29,30)/t16-,17-,18+,19+/m0/s1. The van der Waals surface area contributed by atoms with E-state index in [0.29, 0.717) is 11.1 Å². The van der Waals surface area contributed by atoms with Crippen LogP contribution in [0.4, 0.5) is 4.79 Å². The summed E-state index contributed by atoms with van der Waals surface area (Å²) < 4.78 is 5.23. The van der Waals surface area contributed by atoms with Crippen molar-refractivity contribution in [3.8, 4) is 0 Å². The molecule has 0 unspecified atom stereocenters. The third-order valence-corrected chi connectivity index (χ3v) is 4.44. The number of nitrogens with one attached hydrogen (secondary N) is 2. The minimum absolute atomic E-state index is 0.333. The number of hydrogen-bond donors (Lipinski definition) is 5. The van der Waals surface area contributed by atoms with Gasteiger partial charge < -0.3 is 30.7 Å². The number of aliphatic carboxylic acids is 1. The Balaban J connectivity index is 2.28. The summed E-state index contributed by atoms with van der Waals surface area (Å²) in [4.78, 5) is 36.6. The van der Waals surface area contributed by atoms with E-state index in [1.807, 2.05) is 0 Å². The van der Waals surface area contributed by atoms with Crippen LogP contribution in [0.15, 0.2) is 60.7 Å². The molecule has 0 saturated heterocycles. The maximum atomic E-state index is 12.9. The lowest BCUT2D eigenvalue weighted by atomic mass is 9.98. The molecule has 0 aliphatic heterocycles. The van der Waals surface area contributed by atoms with Crippen molar-refractivity contribution < 1.29 is 34.4 Å². The van der Waals surface area contributed by atoms with Gasteiger partial charge in [0.2, 0.25) is 0 Å². The number of rotatable bonds is 8. The van der Waals surface area contributed by atoms with Crippen molar-refractivity contribution in [3.63, 3.8) is 0 Å². The Morgan fingerprint density at radius 1 is 0.781 bits per heavy atom. The molecule has 5 N–H and O–H groups in total. The zero-order valence-electron chi connectivity index (χ0n) is 18.1. The van der Waals surface area contributed by atoms with Gasteiger partial charge in [0, 0.05) is 0 Å². The van der Waals surface area contributed by atoms with Crippen LogP contribution in [0, 0.1) is 0 Å². The van der Waals surface area contributed by atoms with E-state index in [2.05, 4.69) is 10.6 Å². The number of benzene rings is 2. The summed E-state index contributed by atoms with van der Waals surface area (Å²) in [6.07, 6.45) is -4.61. The van der Waals surface area contributed by atoms with Crippen LogP contribution in [0.3, 0.4) is 0 Å². The molecule has 9 heteroatoms. The highest BCUT2D eigenvalue weighted by molar-refractivity contribution is 5.84. The fraction of sp³-hybridized carbons (Fsp3) is 0.348. The van der Waals surface area contributed by atoms with Crippen molar-refractivity contribution >= 4 is 18.0 Å². The highest BCUT2D eigenvalue weighted by atomic mass is 16.6. The Morgan fingerprint density at radius 2 is 1.22 bits per heavy atom. The molecule has 0 aliphatic rings. The van der Waals surface area contributed by atoms with Gasteiger partial charge in [-0.1, -0.05) is 60.7 Å². The van der Waals surface area contributed by atoms with E-state index >= 15 is 0 Å². The molecule has 0 spiro atoms. The lowest BCUT2D eigenvalue weighted by Gasteiger charge is -2.28. The Kier molecular flexibility index (Phi) is 8.34. The first-order valence-electron chi connectivity index (χ1n) is 9.98. The van der Waals surface area contributed by atoms with Crippen molar-refractivity contribution in [1.82, 2.24) is 10.6 Å². The van der Waals surface area contributed by atoms with Crippen LogP contribution < -0.4 is 10.6 Å². The van der Waals surface area contributed by atoms with Crippen molar-refractivity contribution in [3.05, 3.63) is 71.8 Å². The van der Waals surface area contributed by atoms with Crippen LogP contribution in [0.2, 0.25) is 0 Å². The quantitative estimate of drug-likeness (QED) is 0.418. The second kappa shape index (κ2) is 10.7. The number of alkyl carbamates (subject to hydrolysis) is 1. The summed E-state index contributed by atoms with van der Waals surface area (Å²) in [7, 11) is 0. The normalized spacial score (nSPS) is 15.0. The monoisotopic (exact) mass is 444 g/mol. The maximum absolute atomic E-state index is 12.9. The molecule has 0 fully saturated rings. The molecule has 0 aromatic heterocycles. The number of aliphatic hydroxyl groups is 2.